The highest BCUT2D eigenvalue weighted by atomic mass is 16.2. The van der Waals surface area contributed by atoms with Crippen LogP contribution in [0, 0.1) is 0 Å². The largest absolute Gasteiger partial charge is 0.356 e. The maximum absolute atomic E-state index is 12.6. The summed E-state index contributed by atoms with van der Waals surface area (Å²) in [5.74, 6) is 0.936. The van der Waals surface area contributed by atoms with E-state index in [1.807, 2.05) is 36.4 Å². The number of fused-ring (bicyclic) bond motifs is 1. The number of hydrogen-bond donors (Lipinski definition) is 0. The fourth-order valence-corrected chi connectivity index (χ4v) is 3.51. The van der Waals surface area contributed by atoms with Gasteiger partial charge in [-0.15, -0.1) is 5.10 Å². The molecule has 1 aromatic carbocycles. The number of benzene rings is 1. The Bertz CT molecular complexity index is 1020. The molecule has 3 heterocycles. The molecule has 146 valence electrons. The maximum atomic E-state index is 12.6. The lowest BCUT2D eigenvalue weighted by atomic mass is 10.2. The number of carbonyl (C=O) groups excluding carboxylic acids is 1. The number of nitrogens with zero attached hydrogens (tertiary/aromatic N) is 6. The highest BCUT2D eigenvalue weighted by Crippen LogP contribution is 2.17. The van der Waals surface area contributed by atoms with Crippen LogP contribution in [-0.2, 0) is 11.3 Å². The summed E-state index contributed by atoms with van der Waals surface area (Å²) in [5, 5.41) is 4.29. The highest BCUT2D eigenvalue weighted by molar-refractivity contribution is 5.92. The Kier molecular flexibility index (Phi) is 5.10. The lowest BCUT2D eigenvalue weighted by Gasteiger charge is -2.20. The molecule has 1 aliphatic heterocycles. The van der Waals surface area contributed by atoms with Crippen molar-refractivity contribution in [3.8, 4) is 0 Å². The summed E-state index contributed by atoms with van der Waals surface area (Å²) in [6.45, 7) is 1.80. The summed E-state index contributed by atoms with van der Waals surface area (Å²) >= 11 is 0. The van der Waals surface area contributed by atoms with Gasteiger partial charge in [-0.25, -0.2) is 13.9 Å². The molecule has 1 amide bonds. The van der Waals surface area contributed by atoms with Crippen LogP contribution in [0.15, 0.2) is 47.4 Å². The molecule has 0 radical (unpaired) electrons. The third kappa shape index (κ3) is 3.62. The van der Waals surface area contributed by atoms with Gasteiger partial charge < -0.3 is 9.80 Å². The van der Waals surface area contributed by atoms with Crippen LogP contribution in [0.1, 0.15) is 25.7 Å². The standard InChI is InChI=1S/C20H24N6O2/c1-23(16-9-5-4-6-10-16)18(27)15-26-20(28)25-14-11-17(21-19(25)22-26)24-12-7-2-3-8-13-24/h4-6,9-11,14H,2-3,7-8,12-13,15H2,1H3. The van der Waals surface area contributed by atoms with E-state index in [2.05, 4.69) is 15.0 Å². The van der Waals surface area contributed by atoms with Crippen LogP contribution in [0.5, 0.6) is 0 Å². The van der Waals surface area contributed by atoms with Crippen molar-refractivity contribution in [2.75, 3.05) is 29.9 Å². The third-order valence-electron chi connectivity index (χ3n) is 5.17. The van der Waals surface area contributed by atoms with Crippen molar-refractivity contribution in [2.45, 2.75) is 32.2 Å². The van der Waals surface area contributed by atoms with Gasteiger partial charge in [-0.05, 0) is 31.0 Å². The molecule has 4 rings (SSSR count). The van der Waals surface area contributed by atoms with Gasteiger partial charge in [-0.1, -0.05) is 31.0 Å². The van der Waals surface area contributed by atoms with Crippen molar-refractivity contribution in [1.82, 2.24) is 19.2 Å². The first kappa shape index (κ1) is 18.2. The topological polar surface area (TPSA) is 75.7 Å². The monoisotopic (exact) mass is 380 g/mol. The number of hydrogen-bond acceptors (Lipinski definition) is 5. The third-order valence-corrected chi connectivity index (χ3v) is 5.17. The molecule has 2 aromatic heterocycles. The first-order chi connectivity index (χ1) is 13.6. The second kappa shape index (κ2) is 7.84. The predicted octanol–water partition coefficient (Wildman–Crippen LogP) is 1.93. The van der Waals surface area contributed by atoms with E-state index in [9.17, 15) is 9.59 Å². The van der Waals surface area contributed by atoms with Crippen LogP contribution >= 0.6 is 0 Å². The van der Waals surface area contributed by atoms with E-state index in [4.69, 9.17) is 0 Å². The van der Waals surface area contributed by atoms with Gasteiger partial charge in [0, 0.05) is 32.0 Å². The Labute approximate surface area is 163 Å². The maximum Gasteiger partial charge on any atom is 0.352 e. The highest BCUT2D eigenvalue weighted by Gasteiger charge is 2.17. The molecule has 1 aliphatic rings. The van der Waals surface area contributed by atoms with Crippen LogP contribution in [-0.4, -0.2) is 45.2 Å². The van der Waals surface area contributed by atoms with Gasteiger partial charge in [0.25, 0.3) is 5.78 Å². The van der Waals surface area contributed by atoms with Crippen molar-refractivity contribution in [1.29, 1.82) is 0 Å². The van der Waals surface area contributed by atoms with Crippen LogP contribution in [0.4, 0.5) is 11.5 Å². The van der Waals surface area contributed by atoms with E-state index in [0.29, 0.717) is 5.78 Å². The Balaban J connectivity index is 1.57. The lowest BCUT2D eigenvalue weighted by Crippen LogP contribution is -2.34. The Hall–Kier alpha value is -3.16. The van der Waals surface area contributed by atoms with Gasteiger partial charge in [0.05, 0.1) is 0 Å². The van der Waals surface area contributed by atoms with E-state index in [-0.39, 0.29) is 18.1 Å². The molecule has 8 heteroatoms. The van der Waals surface area contributed by atoms with E-state index < -0.39 is 0 Å². The van der Waals surface area contributed by atoms with Crippen LogP contribution in [0.3, 0.4) is 0 Å². The molecule has 0 spiro atoms. The molecule has 0 unspecified atom stereocenters. The van der Waals surface area contributed by atoms with Crippen molar-refractivity contribution >= 4 is 23.2 Å². The van der Waals surface area contributed by atoms with Gasteiger partial charge in [-0.2, -0.15) is 4.98 Å². The molecule has 1 saturated heterocycles. The summed E-state index contributed by atoms with van der Waals surface area (Å²) in [6.07, 6.45) is 6.47. The van der Waals surface area contributed by atoms with Gasteiger partial charge in [0.15, 0.2) is 0 Å². The van der Waals surface area contributed by atoms with Crippen LogP contribution in [0.25, 0.3) is 5.78 Å². The normalized spacial score (nSPS) is 14.8. The number of carbonyl (C=O) groups is 1. The summed E-state index contributed by atoms with van der Waals surface area (Å²) in [5.41, 5.74) is 0.408. The van der Waals surface area contributed by atoms with E-state index in [1.165, 1.54) is 26.8 Å². The first-order valence-electron chi connectivity index (χ1n) is 9.66. The molecule has 8 nitrogen and oxygen atoms in total. The number of aromatic nitrogens is 4. The zero-order chi connectivity index (χ0) is 19.5. The zero-order valence-electron chi connectivity index (χ0n) is 16.0. The first-order valence-corrected chi connectivity index (χ1v) is 9.66. The van der Waals surface area contributed by atoms with E-state index >= 15 is 0 Å². The Morgan fingerprint density at radius 3 is 2.50 bits per heavy atom. The molecule has 28 heavy (non-hydrogen) atoms. The Morgan fingerprint density at radius 1 is 1.07 bits per heavy atom. The molecule has 0 atom stereocenters. The quantitative estimate of drug-likeness (QED) is 0.691. The minimum absolute atomic E-state index is 0.132. The molecule has 1 fully saturated rings. The number of likely N-dealkylation sites (N-methyl/N-ethyl adjacent to an activating group) is 1. The minimum atomic E-state index is -0.361. The number of para-hydroxylation sites is 1. The smallest absolute Gasteiger partial charge is 0.352 e. The number of amides is 1. The molecule has 0 bridgehead atoms. The van der Waals surface area contributed by atoms with E-state index in [1.54, 1.807) is 13.2 Å². The minimum Gasteiger partial charge on any atom is -0.356 e. The van der Waals surface area contributed by atoms with Crippen molar-refractivity contribution < 1.29 is 4.79 Å². The summed E-state index contributed by atoms with van der Waals surface area (Å²) in [4.78, 5) is 33.5. The molecule has 0 aliphatic carbocycles. The molecular formula is C20H24N6O2. The van der Waals surface area contributed by atoms with E-state index in [0.717, 1.165) is 37.4 Å². The molecule has 3 aromatic rings. The second-order valence-electron chi connectivity index (χ2n) is 7.09. The van der Waals surface area contributed by atoms with Crippen molar-refractivity contribution in [3.05, 3.63) is 53.1 Å². The summed E-state index contributed by atoms with van der Waals surface area (Å²) < 4.78 is 2.56. The van der Waals surface area contributed by atoms with Gasteiger partial charge in [0.1, 0.15) is 12.4 Å². The second-order valence-corrected chi connectivity index (χ2v) is 7.09. The number of rotatable bonds is 4. The summed E-state index contributed by atoms with van der Waals surface area (Å²) in [7, 11) is 1.69. The molecule has 0 N–H and O–H groups in total. The van der Waals surface area contributed by atoms with Crippen molar-refractivity contribution in [3.63, 3.8) is 0 Å². The SMILES string of the molecule is CN(C(=O)Cn1nc2nc(N3CCCCCC3)ccn2c1=O)c1ccccc1. The van der Waals surface area contributed by atoms with Gasteiger partial charge in [0.2, 0.25) is 5.91 Å². The molecule has 0 saturated carbocycles. The van der Waals surface area contributed by atoms with Gasteiger partial charge >= 0.3 is 5.69 Å². The average Bonchev–Trinajstić information content (AvgIpc) is 2.91. The number of anilines is 2. The van der Waals surface area contributed by atoms with Crippen LogP contribution in [0.2, 0.25) is 0 Å². The van der Waals surface area contributed by atoms with Crippen LogP contribution < -0.4 is 15.5 Å². The van der Waals surface area contributed by atoms with Gasteiger partial charge in [-0.3, -0.25) is 4.79 Å². The average molecular weight is 380 g/mol. The fourth-order valence-electron chi connectivity index (χ4n) is 3.51. The Morgan fingerprint density at radius 2 is 1.79 bits per heavy atom. The fraction of sp³-hybridized carbons (Fsp3) is 0.400. The summed E-state index contributed by atoms with van der Waals surface area (Å²) in [6, 6.07) is 11.2. The van der Waals surface area contributed by atoms with Crippen molar-refractivity contribution in [2.24, 2.45) is 0 Å². The predicted molar refractivity (Wildman–Crippen MR) is 108 cm³/mol. The lowest BCUT2D eigenvalue weighted by molar-refractivity contribution is -0.119. The zero-order valence-corrected chi connectivity index (χ0v) is 16.0. The molecular weight excluding hydrogens is 356 g/mol.